The van der Waals surface area contributed by atoms with Gasteiger partial charge in [-0.05, 0) is 18.6 Å². The minimum Gasteiger partial charge on any atom is -0.508 e. The van der Waals surface area contributed by atoms with Crippen LogP contribution in [0.25, 0.3) is 11.1 Å². The Hall–Kier alpha value is -2.04. The van der Waals surface area contributed by atoms with Crippen molar-refractivity contribution in [2.24, 2.45) is 0 Å². The molecule has 0 bridgehead atoms. The van der Waals surface area contributed by atoms with Gasteiger partial charge in [-0.2, -0.15) is 0 Å². The summed E-state index contributed by atoms with van der Waals surface area (Å²) < 4.78 is 5.49. The topological polar surface area (TPSA) is 75.4 Å². The minimum absolute atomic E-state index is 0.0654. The smallest absolute Gasteiger partial charge is 0.220 e. The van der Waals surface area contributed by atoms with Crippen LogP contribution in [-0.4, -0.2) is 22.5 Å². The van der Waals surface area contributed by atoms with E-state index in [4.69, 9.17) is 4.42 Å². The number of unbranched alkanes of at least 4 members (excludes halogenated alkanes) is 1. The first kappa shape index (κ1) is 13.4. The molecule has 102 valence electrons. The van der Waals surface area contributed by atoms with Crippen LogP contribution in [0.3, 0.4) is 0 Å². The van der Waals surface area contributed by atoms with E-state index in [1.54, 1.807) is 12.1 Å². The zero-order valence-corrected chi connectivity index (χ0v) is 11.0. The van der Waals surface area contributed by atoms with Crippen molar-refractivity contribution in [2.45, 2.75) is 32.6 Å². The molecule has 19 heavy (non-hydrogen) atoms. The average Bonchev–Trinajstić information content (AvgIpc) is 2.78. The largest absolute Gasteiger partial charge is 0.508 e. The van der Waals surface area contributed by atoms with Crippen molar-refractivity contribution < 1.29 is 14.3 Å². The first-order valence-electron chi connectivity index (χ1n) is 6.54. The number of nitrogens with zero attached hydrogens (tertiary/aromatic N) is 1. The summed E-state index contributed by atoms with van der Waals surface area (Å²) in [5.41, 5.74) is 1.28. The lowest BCUT2D eigenvalue weighted by molar-refractivity contribution is -0.121. The Morgan fingerprint density at radius 1 is 1.47 bits per heavy atom. The van der Waals surface area contributed by atoms with Crippen molar-refractivity contribution in [1.29, 1.82) is 0 Å². The van der Waals surface area contributed by atoms with Gasteiger partial charge in [0.25, 0.3) is 0 Å². The number of rotatable bonds is 6. The zero-order valence-electron chi connectivity index (χ0n) is 11.0. The summed E-state index contributed by atoms with van der Waals surface area (Å²) in [5.74, 6) is 0.787. The van der Waals surface area contributed by atoms with Crippen LogP contribution >= 0.6 is 0 Å². The van der Waals surface area contributed by atoms with Gasteiger partial charge in [0, 0.05) is 25.5 Å². The predicted octanol–water partition coefficient (Wildman–Crippen LogP) is 2.38. The van der Waals surface area contributed by atoms with Gasteiger partial charge in [0.2, 0.25) is 5.91 Å². The Morgan fingerprint density at radius 2 is 2.32 bits per heavy atom. The van der Waals surface area contributed by atoms with E-state index in [1.165, 1.54) is 6.07 Å². The Morgan fingerprint density at radius 3 is 3.11 bits per heavy atom. The molecule has 0 atom stereocenters. The highest BCUT2D eigenvalue weighted by atomic mass is 16.3. The highest BCUT2D eigenvalue weighted by Crippen LogP contribution is 2.20. The van der Waals surface area contributed by atoms with E-state index in [2.05, 4.69) is 17.2 Å². The van der Waals surface area contributed by atoms with E-state index in [1.807, 2.05) is 0 Å². The molecular weight excluding hydrogens is 244 g/mol. The number of carbonyl (C=O) groups excluding carboxylic acids is 1. The van der Waals surface area contributed by atoms with Crippen molar-refractivity contribution in [3.63, 3.8) is 0 Å². The standard InChI is InChI=1S/C14H18N2O3/c1-2-3-4-13(18)15-8-7-14-16-11-6-5-10(17)9-12(11)19-14/h5-6,9,17H,2-4,7-8H2,1H3,(H,15,18). The van der Waals surface area contributed by atoms with Gasteiger partial charge in [-0.3, -0.25) is 4.79 Å². The summed E-state index contributed by atoms with van der Waals surface area (Å²) in [6.07, 6.45) is 3.04. The van der Waals surface area contributed by atoms with E-state index in [-0.39, 0.29) is 11.7 Å². The number of phenols is 1. The predicted molar refractivity (Wildman–Crippen MR) is 71.9 cm³/mol. The van der Waals surface area contributed by atoms with Crippen molar-refractivity contribution >= 4 is 17.0 Å². The van der Waals surface area contributed by atoms with Gasteiger partial charge in [0.15, 0.2) is 11.5 Å². The van der Waals surface area contributed by atoms with Crippen LogP contribution < -0.4 is 5.32 Å². The number of amides is 1. The summed E-state index contributed by atoms with van der Waals surface area (Å²) in [6, 6.07) is 4.81. The van der Waals surface area contributed by atoms with Crippen LogP contribution in [0, 0.1) is 0 Å². The number of aromatic nitrogens is 1. The SMILES string of the molecule is CCCCC(=O)NCCc1nc2ccc(O)cc2o1. The molecule has 1 heterocycles. The Balaban J connectivity index is 1.86. The lowest BCUT2D eigenvalue weighted by Crippen LogP contribution is -2.25. The van der Waals surface area contributed by atoms with E-state index >= 15 is 0 Å². The van der Waals surface area contributed by atoms with Crippen LogP contribution in [0.4, 0.5) is 0 Å². The summed E-state index contributed by atoms with van der Waals surface area (Å²) in [7, 11) is 0. The highest BCUT2D eigenvalue weighted by molar-refractivity contribution is 5.76. The third kappa shape index (κ3) is 3.71. The fraction of sp³-hybridized carbons (Fsp3) is 0.429. The van der Waals surface area contributed by atoms with Crippen molar-refractivity contribution in [2.75, 3.05) is 6.54 Å². The summed E-state index contributed by atoms with van der Waals surface area (Å²) >= 11 is 0. The van der Waals surface area contributed by atoms with Crippen molar-refractivity contribution in [3.8, 4) is 5.75 Å². The third-order valence-electron chi connectivity index (χ3n) is 2.83. The Bertz CT molecular complexity index is 563. The molecule has 5 heteroatoms. The second-order valence-electron chi connectivity index (χ2n) is 4.46. The molecule has 0 saturated carbocycles. The molecule has 1 amide bonds. The van der Waals surface area contributed by atoms with Gasteiger partial charge in [-0.25, -0.2) is 4.98 Å². The molecule has 0 radical (unpaired) electrons. The maximum atomic E-state index is 11.4. The Kier molecular flexibility index (Phi) is 4.39. The number of fused-ring (bicyclic) bond motifs is 1. The molecular formula is C14H18N2O3. The fourth-order valence-corrected chi connectivity index (χ4v) is 1.80. The van der Waals surface area contributed by atoms with E-state index in [0.717, 1.165) is 12.8 Å². The first-order chi connectivity index (χ1) is 9.19. The van der Waals surface area contributed by atoms with Gasteiger partial charge in [-0.1, -0.05) is 13.3 Å². The molecule has 2 rings (SSSR count). The molecule has 0 spiro atoms. The third-order valence-corrected chi connectivity index (χ3v) is 2.83. The number of carbonyl (C=O) groups is 1. The van der Waals surface area contributed by atoms with Gasteiger partial charge in [-0.15, -0.1) is 0 Å². The molecule has 1 aromatic heterocycles. The maximum absolute atomic E-state index is 11.4. The Labute approximate surface area is 111 Å². The van der Waals surface area contributed by atoms with Crippen LogP contribution in [-0.2, 0) is 11.2 Å². The molecule has 5 nitrogen and oxygen atoms in total. The van der Waals surface area contributed by atoms with Gasteiger partial charge in [0.05, 0.1) is 0 Å². The number of phenolic OH excluding ortho intramolecular Hbond substituents is 1. The average molecular weight is 262 g/mol. The molecule has 0 aliphatic rings. The number of benzene rings is 1. The van der Waals surface area contributed by atoms with Crippen LogP contribution in [0.2, 0.25) is 0 Å². The summed E-state index contributed by atoms with van der Waals surface area (Å²) in [4.78, 5) is 15.7. The first-order valence-corrected chi connectivity index (χ1v) is 6.54. The lowest BCUT2D eigenvalue weighted by Gasteiger charge is -2.02. The number of hydrogen-bond acceptors (Lipinski definition) is 4. The van der Waals surface area contributed by atoms with E-state index in [0.29, 0.717) is 36.4 Å². The molecule has 2 aromatic rings. The molecule has 0 saturated heterocycles. The summed E-state index contributed by atoms with van der Waals surface area (Å²) in [6.45, 7) is 2.57. The van der Waals surface area contributed by atoms with Crippen molar-refractivity contribution in [1.82, 2.24) is 10.3 Å². The number of oxazole rings is 1. The van der Waals surface area contributed by atoms with Crippen LogP contribution in [0.15, 0.2) is 22.6 Å². The quantitative estimate of drug-likeness (QED) is 0.838. The van der Waals surface area contributed by atoms with Gasteiger partial charge < -0.3 is 14.8 Å². The molecule has 0 fully saturated rings. The van der Waals surface area contributed by atoms with E-state index in [9.17, 15) is 9.90 Å². The number of aromatic hydroxyl groups is 1. The van der Waals surface area contributed by atoms with Gasteiger partial charge >= 0.3 is 0 Å². The second-order valence-corrected chi connectivity index (χ2v) is 4.46. The molecule has 1 aromatic carbocycles. The lowest BCUT2D eigenvalue weighted by atomic mass is 10.2. The second kappa shape index (κ2) is 6.22. The number of nitrogens with one attached hydrogen (secondary N) is 1. The van der Waals surface area contributed by atoms with Crippen molar-refractivity contribution in [3.05, 3.63) is 24.1 Å². The fourth-order valence-electron chi connectivity index (χ4n) is 1.80. The summed E-state index contributed by atoms with van der Waals surface area (Å²) in [5, 5.41) is 12.2. The van der Waals surface area contributed by atoms with Crippen LogP contribution in [0.5, 0.6) is 5.75 Å². The maximum Gasteiger partial charge on any atom is 0.220 e. The molecule has 0 unspecified atom stereocenters. The normalized spacial score (nSPS) is 10.8. The van der Waals surface area contributed by atoms with E-state index < -0.39 is 0 Å². The minimum atomic E-state index is 0.0654. The van der Waals surface area contributed by atoms with Gasteiger partial charge in [0.1, 0.15) is 11.3 Å². The highest BCUT2D eigenvalue weighted by Gasteiger charge is 2.07. The number of hydrogen-bond donors (Lipinski definition) is 2. The monoisotopic (exact) mass is 262 g/mol. The molecule has 2 N–H and O–H groups in total. The van der Waals surface area contributed by atoms with Crippen LogP contribution in [0.1, 0.15) is 32.1 Å². The zero-order chi connectivity index (χ0) is 13.7. The molecule has 0 aliphatic carbocycles. The molecule has 0 aliphatic heterocycles.